The lowest BCUT2D eigenvalue weighted by Gasteiger charge is -2.24. The van der Waals surface area contributed by atoms with Crippen LogP contribution in [0.5, 0.6) is 5.75 Å². The molecule has 138 valence electrons. The topological polar surface area (TPSA) is 32.6 Å². The van der Waals surface area contributed by atoms with Crippen LogP contribution < -0.4 is 0 Å². The van der Waals surface area contributed by atoms with Gasteiger partial charge in [-0.25, -0.2) is 0 Å². The first-order valence-electron chi connectivity index (χ1n) is 10.2. The van der Waals surface area contributed by atoms with Gasteiger partial charge in [-0.2, -0.15) is 0 Å². The highest BCUT2D eigenvalue weighted by Crippen LogP contribution is 2.41. The van der Waals surface area contributed by atoms with Crippen molar-refractivity contribution in [1.82, 2.24) is 0 Å². The molecule has 1 fully saturated rings. The monoisotopic (exact) mass is 349 g/mol. The fourth-order valence-electron chi connectivity index (χ4n) is 4.05. The smallest absolute Gasteiger partial charge is 0.128 e. The zero-order chi connectivity index (χ0) is 18.4. The third kappa shape index (κ3) is 4.17. The first kappa shape index (κ1) is 18.7. The minimum Gasteiger partial charge on any atom is -0.507 e. The van der Waals surface area contributed by atoms with Crippen LogP contribution in [0.4, 0.5) is 0 Å². The Morgan fingerprint density at radius 3 is 2.35 bits per heavy atom. The highest BCUT2D eigenvalue weighted by molar-refractivity contribution is 5.94. The first-order chi connectivity index (χ1) is 12.7. The molecule has 26 heavy (non-hydrogen) atoms. The average molecular weight is 350 g/mol. The maximum atomic E-state index is 11.2. The van der Waals surface area contributed by atoms with Crippen molar-refractivity contribution in [2.24, 2.45) is 4.99 Å². The van der Waals surface area contributed by atoms with Crippen molar-refractivity contribution >= 4 is 6.21 Å². The zero-order valence-electron chi connectivity index (χ0n) is 16.1. The lowest BCUT2D eigenvalue weighted by molar-refractivity contribution is 0.414. The molecule has 0 atom stereocenters. The SMILES string of the molecule is CCC(CC)N=Cc1c(-c2ccccc2)ccc(C2CCCCC2)c1O. The summed E-state index contributed by atoms with van der Waals surface area (Å²) in [5.74, 6) is 0.918. The molecule has 0 aromatic heterocycles. The molecule has 0 amide bonds. The summed E-state index contributed by atoms with van der Waals surface area (Å²) in [5.41, 5.74) is 4.18. The van der Waals surface area contributed by atoms with Crippen LogP contribution in [0.15, 0.2) is 47.5 Å². The van der Waals surface area contributed by atoms with Crippen LogP contribution >= 0.6 is 0 Å². The zero-order valence-corrected chi connectivity index (χ0v) is 16.1. The van der Waals surface area contributed by atoms with E-state index in [9.17, 15) is 5.11 Å². The van der Waals surface area contributed by atoms with Crippen molar-refractivity contribution in [3.63, 3.8) is 0 Å². The summed E-state index contributed by atoms with van der Waals surface area (Å²) in [5, 5.41) is 11.2. The van der Waals surface area contributed by atoms with Gasteiger partial charge in [0.15, 0.2) is 0 Å². The van der Waals surface area contributed by atoms with Gasteiger partial charge in [-0.05, 0) is 48.3 Å². The third-order valence-corrected chi connectivity index (χ3v) is 5.74. The normalized spacial score (nSPS) is 15.8. The molecule has 0 bridgehead atoms. The van der Waals surface area contributed by atoms with Crippen molar-refractivity contribution < 1.29 is 5.11 Å². The summed E-state index contributed by atoms with van der Waals surface area (Å²) >= 11 is 0. The number of benzene rings is 2. The number of nitrogens with zero attached hydrogens (tertiary/aromatic N) is 1. The predicted molar refractivity (Wildman–Crippen MR) is 111 cm³/mol. The van der Waals surface area contributed by atoms with Crippen LogP contribution in [0.1, 0.15) is 75.8 Å². The van der Waals surface area contributed by atoms with Gasteiger partial charge in [-0.3, -0.25) is 4.99 Å². The number of phenols is 1. The van der Waals surface area contributed by atoms with E-state index >= 15 is 0 Å². The molecule has 2 heteroatoms. The Labute approximate surface area is 158 Å². The highest BCUT2D eigenvalue weighted by Gasteiger charge is 2.21. The van der Waals surface area contributed by atoms with Gasteiger partial charge in [0.1, 0.15) is 5.75 Å². The summed E-state index contributed by atoms with van der Waals surface area (Å²) in [6, 6.07) is 14.9. The predicted octanol–water partition coefficient (Wildman–Crippen LogP) is 6.71. The van der Waals surface area contributed by atoms with Crippen molar-refractivity contribution in [1.29, 1.82) is 0 Å². The summed E-state index contributed by atoms with van der Waals surface area (Å²) in [6.07, 6.45) is 10.2. The van der Waals surface area contributed by atoms with Crippen LogP contribution in [-0.2, 0) is 0 Å². The number of rotatable bonds is 6. The Balaban J connectivity index is 2.05. The Kier molecular flexibility index (Phi) is 6.49. The molecule has 0 spiro atoms. The van der Waals surface area contributed by atoms with E-state index in [1.165, 1.54) is 32.1 Å². The van der Waals surface area contributed by atoms with E-state index in [2.05, 4.69) is 38.1 Å². The first-order valence-corrected chi connectivity index (χ1v) is 10.2. The Bertz CT molecular complexity index is 725. The van der Waals surface area contributed by atoms with Gasteiger partial charge >= 0.3 is 0 Å². The second kappa shape index (κ2) is 9.02. The molecule has 2 aromatic rings. The molecule has 0 aliphatic heterocycles. The van der Waals surface area contributed by atoms with Gasteiger partial charge in [-0.15, -0.1) is 0 Å². The number of phenolic OH excluding ortho intramolecular Hbond substituents is 1. The van der Waals surface area contributed by atoms with Crippen LogP contribution in [0.2, 0.25) is 0 Å². The fourth-order valence-corrected chi connectivity index (χ4v) is 4.05. The maximum absolute atomic E-state index is 11.2. The van der Waals surface area contributed by atoms with Gasteiger partial charge in [-0.1, -0.05) is 75.6 Å². The second-order valence-corrected chi connectivity index (χ2v) is 7.41. The fraction of sp³-hybridized carbons (Fsp3) is 0.458. The molecule has 0 saturated heterocycles. The second-order valence-electron chi connectivity index (χ2n) is 7.41. The standard InChI is InChI=1S/C24H31NO/c1-3-20(4-2)25-17-23-21(18-11-7-5-8-12-18)15-16-22(24(23)26)19-13-9-6-10-14-19/h5,7-8,11-12,15-17,19-20,26H,3-4,6,9-10,13-14H2,1-2H3. The van der Waals surface area contributed by atoms with Crippen molar-refractivity contribution in [3.8, 4) is 16.9 Å². The summed E-state index contributed by atoms with van der Waals surface area (Å²) in [4.78, 5) is 4.78. The van der Waals surface area contributed by atoms with Gasteiger partial charge in [0.2, 0.25) is 0 Å². The average Bonchev–Trinajstić information content (AvgIpc) is 2.71. The highest BCUT2D eigenvalue weighted by atomic mass is 16.3. The molecule has 3 rings (SSSR count). The van der Waals surface area contributed by atoms with Gasteiger partial charge in [0, 0.05) is 17.8 Å². The minimum absolute atomic E-state index is 0.316. The summed E-state index contributed by atoms with van der Waals surface area (Å²) < 4.78 is 0. The molecule has 0 radical (unpaired) electrons. The van der Waals surface area contributed by atoms with Crippen LogP contribution in [-0.4, -0.2) is 17.4 Å². The van der Waals surface area contributed by atoms with E-state index in [0.717, 1.165) is 35.1 Å². The largest absolute Gasteiger partial charge is 0.507 e. The minimum atomic E-state index is 0.316. The van der Waals surface area contributed by atoms with Gasteiger partial charge in [0.05, 0.1) is 0 Å². The lowest BCUT2D eigenvalue weighted by atomic mass is 9.82. The van der Waals surface area contributed by atoms with E-state index in [1.807, 2.05) is 24.4 Å². The van der Waals surface area contributed by atoms with E-state index in [4.69, 9.17) is 4.99 Å². The van der Waals surface area contributed by atoms with E-state index in [1.54, 1.807) is 0 Å². The molecular formula is C24H31NO. The molecule has 0 heterocycles. The molecule has 0 unspecified atom stereocenters. The number of aliphatic imine (C=N–C) groups is 1. The van der Waals surface area contributed by atoms with Crippen molar-refractivity contribution in [2.75, 3.05) is 0 Å². The molecule has 1 saturated carbocycles. The van der Waals surface area contributed by atoms with Crippen molar-refractivity contribution in [2.45, 2.75) is 70.8 Å². The molecule has 1 N–H and O–H groups in total. The molecule has 2 nitrogen and oxygen atoms in total. The Hall–Kier alpha value is -2.09. The maximum Gasteiger partial charge on any atom is 0.128 e. The number of aromatic hydroxyl groups is 1. The lowest BCUT2D eigenvalue weighted by Crippen LogP contribution is -2.07. The number of hydrogen-bond acceptors (Lipinski definition) is 2. The van der Waals surface area contributed by atoms with E-state index in [-0.39, 0.29) is 0 Å². The summed E-state index contributed by atoms with van der Waals surface area (Å²) in [7, 11) is 0. The summed E-state index contributed by atoms with van der Waals surface area (Å²) in [6.45, 7) is 4.34. The molecular weight excluding hydrogens is 318 g/mol. The van der Waals surface area contributed by atoms with Crippen LogP contribution in [0.25, 0.3) is 11.1 Å². The van der Waals surface area contributed by atoms with Crippen LogP contribution in [0.3, 0.4) is 0 Å². The number of hydrogen-bond donors (Lipinski definition) is 1. The quantitative estimate of drug-likeness (QED) is 0.577. The van der Waals surface area contributed by atoms with Gasteiger partial charge in [0.25, 0.3) is 0 Å². The molecule has 1 aliphatic rings. The van der Waals surface area contributed by atoms with Gasteiger partial charge < -0.3 is 5.11 Å². The van der Waals surface area contributed by atoms with E-state index in [0.29, 0.717) is 17.7 Å². The third-order valence-electron chi connectivity index (χ3n) is 5.74. The Morgan fingerprint density at radius 2 is 1.69 bits per heavy atom. The molecule has 1 aliphatic carbocycles. The Morgan fingerprint density at radius 1 is 1.00 bits per heavy atom. The van der Waals surface area contributed by atoms with Crippen LogP contribution in [0, 0.1) is 0 Å². The van der Waals surface area contributed by atoms with E-state index < -0.39 is 0 Å². The molecule has 2 aromatic carbocycles. The van der Waals surface area contributed by atoms with Crippen molar-refractivity contribution in [3.05, 3.63) is 53.6 Å².